The van der Waals surface area contributed by atoms with Gasteiger partial charge in [0.25, 0.3) is 11.8 Å². The SMILES string of the molecule is COc1ccc(/C=C(\NC(=O)c2ccccc2)C(=O)Nc2ccc(SC(C(=O)Nc3cc(Cl)ccc3OC)c3ccccc3)cc2)cc1. The largest absolute Gasteiger partial charge is 0.497 e. The third kappa shape index (κ3) is 9.06. The lowest BCUT2D eigenvalue weighted by atomic mass is 10.1. The van der Waals surface area contributed by atoms with E-state index in [0.29, 0.717) is 39.0 Å². The number of nitrogens with one attached hydrogen (secondary N) is 3. The molecule has 10 heteroatoms. The molecule has 0 aromatic heterocycles. The van der Waals surface area contributed by atoms with Crippen LogP contribution in [0.1, 0.15) is 26.7 Å². The number of rotatable bonds is 12. The number of halogens is 1. The van der Waals surface area contributed by atoms with Crippen LogP contribution in [0.4, 0.5) is 11.4 Å². The van der Waals surface area contributed by atoms with E-state index in [1.165, 1.54) is 18.9 Å². The average Bonchev–Trinajstić information content (AvgIpc) is 3.12. The predicted molar refractivity (Wildman–Crippen MR) is 192 cm³/mol. The van der Waals surface area contributed by atoms with Crippen LogP contribution in [0.15, 0.2) is 138 Å². The van der Waals surface area contributed by atoms with Crippen LogP contribution in [0.25, 0.3) is 6.08 Å². The van der Waals surface area contributed by atoms with E-state index in [2.05, 4.69) is 16.0 Å². The molecule has 0 spiro atoms. The molecule has 0 bridgehead atoms. The lowest BCUT2D eigenvalue weighted by Crippen LogP contribution is -2.30. The van der Waals surface area contributed by atoms with Crippen molar-refractivity contribution in [2.45, 2.75) is 10.1 Å². The smallest absolute Gasteiger partial charge is 0.272 e. The Morgan fingerprint density at radius 3 is 2.06 bits per heavy atom. The number of carbonyl (C=O) groups excluding carboxylic acids is 3. The standard InChI is InChI=1S/C38H32ClN3O5S/c1-46-30-18-13-25(14-19-30)23-33(42-36(43)27-11-7-4-8-12-27)37(44)40-29-16-20-31(21-17-29)48-35(26-9-5-3-6-10-26)38(45)41-32-24-28(39)15-22-34(32)47-2/h3-24,35H,1-2H3,(H,40,44)(H,41,45)(H,42,43)/b33-23-. The first kappa shape index (κ1) is 33.8. The molecule has 242 valence electrons. The Bertz CT molecular complexity index is 1900. The highest BCUT2D eigenvalue weighted by atomic mass is 35.5. The first-order chi connectivity index (χ1) is 23.3. The number of hydrogen-bond acceptors (Lipinski definition) is 6. The van der Waals surface area contributed by atoms with Crippen LogP contribution in [-0.4, -0.2) is 31.9 Å². The second-order valence-electron chi connectivity index (χ2n) is 10.4. The van der Waals surface area contributed by atoms with Crippen LogP contribution in [0.2, 0.25) is 5.02 Å². The highest BCUT2D eigenvalue weighted by Crippen LogP contribution is 2.38. The Morgan fingerprint density at radius 1 is 0.750 bits per heavy atom. The number of amides is 3. The van der Waals surface area contributed by atoms with Gasteiger partial charge in [0.15, 0.2) is 0 Å². The average molecular weight is 678 g/mol. The fourth-order valence-corrected chi connectivity index (χ4v) is 5.83. The van der Waals surface area contributed by atoms with Crippen LogP contribution in [0.5, 0.6) is 11.5 Å². The minimum atomic E-state index is -0.609. The minimum Gasteiger partial charge on any atom is -0.497 e. The lowest BCUT2D eigenvalue weighted by molar-refractivity contribution is -0.116. The number of methoxy groups -OCH3 is 2. The summed E-state index contributed by atoms with van der Waals surface area (Å²) < 4.78 is 10.6. The molecule has 0 radical (unpaired) electrons. The Kier molecular flexibility index (Phi) is 11.5. The normalized spacial score (nSPS) is 11.6. The number of carbonyl (C=O) groups is 3. The summed E-state index contributed by atoms with van der Waals surface area (Å²) in [5.74, 6) is -0.0253. The maximum absolute atomic E-state index is 13.6. The number of thioether (sulfide) groups is 1. The van der Waals surface area contributed by atoms with E-state index < -0.39 is 17.1 Å². The van der Waals surface area contributed by atoms with Gasteiger partial charge in [-0.05, 0) is 83.9 Å². The topological polar surface area (TPSA) is 106 Å². The van der Waals surface area contributed by atoms with Crippen molar-refractivity contribution in [2.24, 2.45) is 0 Å². The van der Waals surface area contributed by atoms with Crippen LogP contribution >= 0.6 is 23.4 Å². The highest BCUT2D eigenvalue weighted by Gasteiger charge is 2.24. The Hall–Kier alpha value is -5.51. The Balaban J connectivity index is 1.34. The van der Waals surface area contributed by atoms with Gasteiger partial charge in [-0.25, -0.2) is 0 Å². The summed E-state index contributed by atoms with van der Waals surface area (Å²) in [5, 5.41) is 8.42. The van der Waals surface area contributed by atoms with Gasteiger partial charge in [-0.2, -0.15) is 0 Å². The molecule has 8 nitrogen and oxygen atoms in total. The molecular weight excluding hydrogens is 646 g/mol. The van der Waals surface area contributed by atoms with Gasteiger partial charge in [-0.15, -0.1) is 11.8 Å². The maximum Gasteiger partial charge on any atom is 0.272 e. The predicted octanol–water partition coefficient (Wildman–Crippen LogP) is 8.24. The summed E-state index contributed by atoms with van der Waals surface area (Å²) >= 11 is 7.54. The zero-order chi connectivity index (χ0) is 33.9. The van der Waals surface area contributed by atoms with Crippen LogP contribution in [0.3, 0.4) is 0 Å². The van der Waals surface area contributed by atoms with Crippen molar-refractivity contribution in [1.82, 2.24) is 5.32 Å². The summed E-state index contributed by atoms with van der Waals surface area (Å²) in [6, 6.07) is 37.3. The molecule has 3 amide bonds. The van der Waals surface area contributed by atoms with Crippen LogP contribution in [-0.2, 0) is 9.59 Å². The number of hydrogen-bond donors (Lipinski definition) is 3. The number of ether oxygens (including phenoxy) is 2. The fraction of sp³-hybridized carbons (Fsp3) is 0.0789. The quantitative estimate of drug-likeness (QED) is 0.0908. The monoisotopic (exact) mass is 677 g/mol. The number of benzene rings is 5. The van der Waals surface area contributed by atoms with E-state index in [-0.39, 0.29) is 11.6 Å². The highest BCUT2D eigenvalue weighted by molar-refractivity contribution is 8.00. The van der Waals surface area contributed by atoms with Crippen molar-refractivity contribution in [3.63, 3.8) is 0 Å². The van der Waals surface area contributed by atoms with Gasteiger partial charge in [0.2, 0.25) is 5.91 Å². The fourth-order valence-electron chi connectivity index (χ4n) is 4.64. The van der Waals surface area contributed by atoms with Gasteiger partial charge >= 0.3 is 0 Å². The molecule has 0 saturated heterocycles. The summed E-state index contributed by atoms with van der Waals surface area (Å²) in [7, 11) is 3.10. The molecule has 3 N–H and O–H groups in total. The van der Waals surface area contributed by atoms with Crippen molar-refractivity contribution < 1.29 is 23.9 Å². The van der Waals surface area contributed by atoms with Crippen molar-refractivity contribution >= 4 is 58.5 Å². The zero-order valence-electron chi connectivity index (χ0n) is 26.1. The van der Waals surface area contributed by atoms with Crippen molar-refractivity contribution in [3.05, 3.63) is 155 Å². The van der Waals surface area contributed by atoms with Crippen molar-refractivity contribution in [3.8, 4) is 11.5 Å². The summed E-state index contributed by atoms with van der Waals surface area (Å²) in [4.78, 5) is 40.9. The molecule has 1 atom stereocenters. The third-order valence-electron chi connectivity index (χ3n) is 7.08. The first-order valence-electron chi connectivity index (χ1n) is 14.8. The zero-order valence-corrected chi connectivity index (χ0v) is 27.7. The number of anilines is 2. The van der Waals surface area contributed by atoms with Gasteiger partial charge in [0.1, 0.15) is 22.4 Å². The summed E-state index contributed by atoms with van der Waals surface area (Å²) in [5.41, 5.74) is 2.95. The van der Waals surface area contributed by atoms with E-state index in [4.69, 9.17) is 21.1 Å². The second-order valence-corrected chi connectivity index (χ2v) is 12.0. The molecule has 0 aliphatic heterocycles. The molecule has 5 aromatic rings. The van der Waals surface area contributed by atoms with Gasteiger partial charge < -0.3 is 25.4 Å². The third-order valence-corrected chi connectivity index (χ3v) is 8.58. The molecule has 0 fully saturated rings. The molecule has 48 heavy (non-hydrogen) atoms. The van der Waals surface area contributed by atoms with E-state index >= 15 is 0 Å². The van der Waals surface area contributed by atoms with Crippen molar-refractivity contribution in [1.29, 1.82) is 0 Å². The molecule has 1 unspecified atom stereocenters. The molecule has 0 heterocycles. The van der Waals surface area contributed by atoms with Gasteiger partial charge in [-0.3, -0.25) is 14.4 Å². The Morgan fingerprint density at radius 2 is 1.42 bits per heavy atom. The molecule has 5 rings (SSSR count). The van der Waals surface area contributed by atoms with Crippen molar-refractivity contribution in [2.75, 3.05) is 24.9 Å². The molecular formula is C38H32ClN3O5S. The van der Waals surface area contributed by atoms with E-state index in [1.54, 1.807) is 92.0 Å². The van der Waals surface area contributed by atoms with E-state index in [0.717, 1.165) is 10.5 Å². The first-order valence-corrected chi connectivity index (χ1v) is 16.1. The van der Waals surface area contributed by atoms with Gasteiger partial charge in [0, 0.05) is 21.2 Å². The van der Waals surface area contributed by atoms with Gasteiger partial charge in [-0.1, -0.05) is 72.3 Å². The molecule has 0 aliphatic carbocycles. The summed E-state index contributed by atoms with van der Waals surface area (Å²) in [6.07, 6.45) is 1.60. The molecule has 0 saturated carbocycles. The Labute approximate surface area is 288 Å². The van der Waals surface area contributed by atoms with E-state index in [9.17, 15) is 14.4 Å². The van der Waals surface area contributed by atoms with Crippen LogP contribution in [0, 0.1) is 0 Å². The maximum atomic E-state index is 13.6. The summed E-state index contributed by atoms with van der Waals surface area (Å²) in [6.45, 7) is 0. The molecule has 0 aliphatic rings. The lowest BCUT2D eigenvalue weighted by Gasteiger charge is -2.18. The minimum absolute atomic E-state index is 0.0599. The van der Waals surface area contributed by atoms with Gasteiger partial charge in [0.05, 0.1) is 19.9 Å². The van der Waals surface area contributed by atoms with Crippen LogP contribution < -0.4 is 25.4 Å². The molecule has 5 aromatic carbocycles. The van der Waals surface area contributed by atoms with E-state index in [1.807, 2.05) is 48.5 Å². The second kappa shape index (κ2) is 16.4.